The molecule has 1 saturated heterocycles. The lowest BCUT2D eigenvalue weighted by molar-refractivity contribution is 0.0614. The first-order valence-electron chi connectivity index (χ1n) is 5.85. The van der Waals surface area contributed by atoms with Crippen molar-refractivity contribution in [2.45, 2.75) is 19.4 Å². The van der Waals surface area contributed by atoms with E-state index in [1.165, 1.54) is 18.8 Å². The smallest absolute Gasteiger partial charge is 0.339 e. The molecule has 1 aliphatic rings. The number of aromatic carboxylic acids is 1. The Hall–Kier alpha value is -1.33. The van der Waals surface area contributed by atoms with Crippen molar-refractivity contribution in [3.8, 4) is 0 Å². The van der Waals surface area contributed by atoms with E-state index >= 15 is 0 Å². The molecule has 0 aliphatic carbocycles. The number of rotatable bonds is 5. The minimum Gasteiger partial charge on any atom is -0.478 e. The highest BCUT2D eigenvalue weighted by molar-refractivity contribution is 5.88. The largest absolute Gasteiger partial charge is 0.478 e. The van der Waals surface area contributed by atoms with Gasteiger partial charge in [-0.25, -0.2) is 4.79 Å². The topological polar surface area (TPSA) is 71.7 Å². The van der Waals surface area contributed by atoms with E-state index in [4.69, 9.17) is 14.3 Å². The van der Waals surface area contributed by atoms with Gasteiger partial charge in [0.15, 0.2) is 0 Å². The second-order valence-electron chi connectivity index (χ2n) is 4.29. The summed E-state index contributed by atoms with van der Waals surface area (Å²) in [6.07, 6.45) is 3.72. The van der Waals surface area contributed by atoms with E-state index in [1.54, 1.807) is 0 Å². The number of carboxylic acid groups (broad SMARTS) is 1. The molecule has 0 radical (unpaired) electrons. The minimum atomic E-state index is -0.975. The summed E-state index contributed by atoms with van der Waals surface area (Å²) < 4.78 is 10.6. The van der Waals surface area contributed by atoms with Crippen molar-refractivity contribution in [1.29, 1.82) is 0 Å². The summed E-state index contributed by atoms with van der Waals surface area (Å²) in [5, 5.41) is 12.2. The third-order valence-corrected chi connectivity index (χ3v) is 2.96. The molecule has 5 heteroatoms. The Bertz CT molecular complexity index is 368. The Morgan fingerprint density at radius 1 is 1.65 bits per heavy atom. The van der Waals surface area contributed by atoms with Crippen molar-refractivity contribution in [3.05, 3.63) is 23.7 Å². The number of nitrogens with one attached hydrogen (secondary N) is 1. The van der Waals surface area contributed by atoms with Crippen LogP contribution in [0.3, 0.4) is 0 Å². The molecule has 1 aromatic heterocycles. The monoisotopic (exact) mass is 239 g/mol. The summed E-state index contributed by atoms with van der Waals surface area (Å²) in [6.45, 7) is 2.93. The van der Waals surface area contributed by atoms with Gasteiger partial charge in [0.05, 0.1) is 12.9 Å². The van der Waals surface area contributed by atoms with Gasteiger partial charge in [-0.05, 0) is 31.4 Å². The Labute approximate surface area is 99.8 Å². The van der Waals surface area contributed by atoms with Gasteiger partial charge in [-0.1, -0.05) is 0 Å². The zero-order chi connectivity index (χ0) is 12.1. The molecule has 1 aliphatic heterocycles. The first-order valence-corrected chi connectivity index (χ1v) is 5.85. The molecule has 2 rings (SSSR count). The van der Waals surface area contributed by atoms with Crippen LogP contribution in [0.2, 0.25) is 0 Å². The van der Waals surface area contributed by atoms with Crippen molar-refractivity contribution < 1.29 is 19.1 Å². The number of hydrogen-bond acceptors (Lipinski definition) is 4. The van der Waals surface area contributed by atoms with Crippen LogP contribution in [0.15, 0.2) is 16.7 Å². The lowest BCUT2D eigenvalue weighted by Gasteiger charge is -2.22. The number of hydrogen-bond donors (Lipinski definition) is 2. The van der Waals surface area contributed by atoms with Crippen molar-refractivity contribution in [2.24, 2.45) is 5.92 Å². The molecule has 0 bridgehead atoms. The zero-order valence-corrected chi connectivity index (χ0v) is 9.65. The molecular weight excluding hydrogens is 222 g/mol. The average Bonchev–Trinajstić information content (AvgIpc) is 2.79. The van der Waals surface area contributed by atoms with E-state index in [2.05, 4.69) is 5.32 Å². The second kappa shape index (κ2) is 5.84. The third kappa shape index (κ3) is 3.31. The van der Waals surface area contributed by atoms with Crippen LogP contribution in [0.4, 0.5) is 0 Å². The highest BCUT2D eigenvalue weighted by Gasteiger charge is 2.16. The van der Waals surface area contributed by atoms with E-state index < -0.39 is 5.97 Å². The van der Waals surface area contributed by atoms with E-state index in [0.717, 1.165) is 19.5 Å². The van der Waals surface area contributed by atoms with Crippen molar-refractivity contribution in [1.82, 2.24) is 5.32 Å². The van der Waals surface area contributed by atoms with Gasteiger partial charge in [0.25, 0.3) is 0 Å². The van der Waals surface area contributed by atoms with Gasteiger partial charge in [0.2, 0.25) is 0 Å². The molecular formula is C12H17NO4. The molecule has 1 atom stereocenters. The molecule has 2 N–H and O–H groups in total. The van der Waals surface area contributed by atoms with Crippen LogP contribution in [0, 0.1) is 5.92 Å². The fraction of sp³-hybridized carbons (Fsp3) is 0.583. The predicted molar refractivity (Wildman–Crippen MR) is 60.9 cm³/mol. The highest BCUT2D eigenvalue weighted by Crippen LogP contribution is 2.14. The molecule has 1 fully saturated rings. The first kappa shape index (κ1) is 12.1. The van der Waals surface area contributed by atoms with Crippen LogP contribution in [-0.2, 0) is 11.3 Å². The van der Waals surface area contributed by atoms with Gasteiger partial charge in [0, 0.05) is 6.54 Å². The normalized spacial score (nSPS) is 20.4. The predicted octanol–water partition coefficient (Wildman–Crippen LogP) is 1.49. The van der Waals surface area contributed by atoms with Crippen molar-refractivity contribution in [3.63, 3.8) is 0 Å². The maximum absolute atomic E-state index is 10.8. The van der Waals surface area contributed by atoms with E-state index in [9.17, 15) is 4.79 Å². The molecule has 0 amide bonds. The van der Waals surface area contributed by atoms with Crippen LogP contribution in [0.1, 0.15) is 29.0 Å². The van der Waals surface area contributed by atoms with Crippen LogP contribution in [-0.4, -0.2) is 30.8 Å². The van der Waals surface area contributed by atoms with Crippen LogP contribution < -0.4 is 5.32 Å². The van der Waals surface area contributed by atoms with E-state index in [-0.39, 0.29) is 12.2 Å². The quantitative estimate of drug-likeness (QED) is 0.814. The SMILES string of the molecule is O=C(O)c1ccoc1COCC1CCCNC1. The third-order valence-electron chi connectivity index (χ3n) is 2.96. The standard InChI is InChI=1S/C12H17NO4/c14-12(15)10-3-5-17-11(10)8-16-7-9-2-1-4-13-6-9/h3,5,9,13H,1-2,4,6-8H2,(H,14,15). The molecule has 1 aromatic rings. The summed E-state index contributed by atoms with van der Waals surface area (Å²) in [6, 6.07) is 1.45. The van der Waals surface area contributed by atoms with Gasteiger partial charge in [-0.3, -0.25) is 0 Å². The maximum atomic E-state index is 10.8. The fourth-order valence-electron chi connectivity index (χ4n) is 2.03. The molecule has 1 unspecified atom stereocenters. The molecule has 0 aromatic carbocycles. The van der Waals surface area contributed by atoms with Gasteiger partial charge in [-0.15, -0.1) is 0 Å². The molecule has 94 valence electrons. The molecule has 2 heterocycles. The fourth-order valence-corrected chi connectivity index (χ4v) is 2.03. The number of carboxylic acids is 1. The summed E-state index contributed by atoms with van der Waals surface area (Å²) >= 11 is 0. The number of carbonyl (C=O) groups is 1. The van der Waals surface area contributed by atoms with Gasteiger partial charge < -0.3 is 19.6 Å². The van der Waals surface area contributed by atoms with Crippen molar-refractivity contribution >= 4 is 5.97 Å². The average molecular weight is 239 g/mol. The zero-order valence-electron chi connectivity index (χ0n) is 9.65. The van der Waals surface area contributed by atoms with Gasteiger partial charge in [0.1, 0.15) is 17.9 Å². The second-order valence-corrected chi connectivity index (χ2v) is 4.29. The molecule has 17 heavy (non-hydrogen) atoms. The summed E-state index contributed by atoms with van der Waals surface area (Å²) in [5.74, 6) is -0.0649. The lowest BCUT2D eigenvalue weighted by atomic mass is 10.0. The summed E-state index contributed by atoms with van der Waals surface area (Å²) in [4.78, 5) is 10.8. The van der Waals surface area contributed by atoms with Gasteiger partial charge in [-0.2, -0.15) is 0 Å². The summed E-state index contributed by atoms with van der Waals surface area (Å²) in [7, 11) is 0. The van der Waals surface area contributed by atoms with Crippen LogP contribution >= 0.6 is 0 Å². The Morgan fingerprint density at radius 2 is 2.53 bits per heavy atom. The van der Waals surface area contributed by atoms with Crippen LogP contribution in [0.5, 0.6) is 0 Å². The maximum Gasteiger partial charge on any atom is 0.339 e. The van der Waals surface area contributed by atoms with Crippen LogP contribution in [0.25, 0.3) is 0 Å². The number of piperidine rings is 1. The van der Waals surface area contributed by atoms with E-state index in [1.807, 2.05) is 0 Å². The lowest BCUT2D eigenvalue weighted by Crippen LogP contribution is -2.32. The van der Waals surface area contributed by atoms with Gasteiger partial charge >= 0.3 is 5.97 Å². The van der Waals surface area contributed by atoms with Crippen molar-refractivity contribution in [2.75, 3.05) is 19.7 Å². The highest BCUT2D eigenvalue weighted by atomic mass is 16.5. The summed E-state index contributed by atoms with van der Waals surface area (Å²) in [5.41, 5.74) is 0.187. The molecule has 0 spiro atoms. The van der Waals surface area contributed by atoms with E-state index in [0.29, 0.717) is 18.3 Å². The molecule has 0 saturated carbocycles. The number of ether oxygens (including phenoxy) is 1. The molecule has 5 nitrogen and oxygen atoms in total. The minimum absolute atomic E-state index is 0.187. The Balaban J connectivity index is 1.77. The Morgan fingerprint density at radius 3 is 3.24 bits per heavy atom. The Kier molecular flexibility index (Phi) is 4.17. The number of furan rings is 1. The first-order chi connectivity index (χ1) is 8.27.